The van der Waals surface area contributed by atoms with Crippen LogP contribution < -0.4 is 10.1 Å². The van der Waals surface area contributed by atoms with E-state index in [-0.39, 0.29) is 5.91 Å². The number of pyridine rings is 1. The van der Waals surface area contributed by atoms with Crippen molar-refractivity contribution in [2.24, 2.45) is 0 Å². The molecule has 7 heteroatoms. The van der Waals surface area contributed by atoms with E-state index in [0.29, 0.717) is 23.7 Å². The Balaban J connectivity index is 1.44. The minimum absolute atomic E-state index is 0.231. The van der Waals surface area contributed by atoms with Gasteiger partial charge in [-0.2, -0.15) is 0 Å². The third kappa shape index (κ3) is 4.36. The number of thiazole rings is 1. The van der Waals surface area contributed by atoms with Crippen molar-refractivity contribution >= 4 is 28.7 Å². The number of nitrogens with one attached hydrogen (secondary N) is 1. The summed E-state index contributed by atoms with van der Waals surface area (Å²) in [6.45, 7) is 4.33. The first-order chi connectivity index (χ1) is 16.1. The molecule has 0 fully saturated rings. The van der Waals surface area contributed by atoms with E-state index < -0.39 is 0 Å². The molecule has 33 heavy (non-hydrogen) atoms. The summed E-state index contributed by atoms with van der Waals surface area (Å²) in [6, 6.07) is 21.0. The fourth-order valence-electron chi connectivity index (χ4n) is 3.66. The maximum atomic E-state index is 13.2. The predicted octanol–water partition coefficient (Wildman–Crippen LogP) is 5.91. The molecule has 0 bridgehead atoms. The summed E-state index contributed by atoms with van der Waals surface area (Å²) in [4.78, 5) is 22.5. The summed E-state index contributed by atoms with van der Waals surface area (Å²) in [6.07, 6.45) is 1.91. The van der Waals surface area contributed by atoms with Gasteiger partial charge in [0.25, 0.3) is 5.91 Å². The average molecular weight is 455 g/mol. The van der Waals surface area contributed by atoms with Gasteiger partial charge in [0.05, 0.1) is 10.7 Å². The quantitative estimate of drug-likeness (QED) is 0.347. The molecule has 0 radical (unpaired) electrons. The number of rotatable bonds is 6. The van der Waals surface area contributed by atoms with E-state index >= 15 is 0 Å². The zero-order chi connectivity index (χ0) is 22.8. The Labute approximate surface area is 195 Å². The van der Waals surface area contributed by atoms with Crippen molar-refractivity contribution in [1.29, 1.82) is 0 Å². The van der Waals surface area contributed by atoms with Gasteiger partial charge < -0.3 is 10.1 Å². The van der Waals surface area contributed by atoms with Crippen LogP contribution in [0.5, 0.6) is 5.75 Å². The fraction of sp³-hybridized carbons (Fsp3) is 0.115. The van der Waals surface area contributed by atoms with Gasteiger partial charge in [-0.1, -0.05) is 42.5 Å². The maximum Gasteiger partial charge on any atom is 0.256 e. The summed E-state index contributed by atoms with van der Waals surface area (Å²) < 4.78 is 7.77. The van der Waals surface area contributed by atoms with Crippen LogP contribution in [0.1, 0.15) is 26.6 Å². The third-order valence-electron chi connectivity index (χ3n) is 5.27. The second kappa shape index (κ2) is 8.88. The normalized spacial score (nSPS) is 11.0. The van der Waals surface area contributed by atoms with Gasteiger partial charge in [-0.15, -0.1) is 11.3 Å². The van der Waals surface area contributed by atoms with E-state index in [2.05, 4.69) is 10.3 Å². The monoisotopic (exact) mass is 454 g/mol. The van der Waals surface area contributed by atoms with Gasteiger partial charge in [0.1, 0.15) is 29.5 Å². The highest BCUT2D eigenvalue weighted by Crippen LogP contribution is 2.30. The number of aryl methyl sites for hydroxylation is 2. The van der Waals surface area contributed by atoms with Gasteiger partial charge in [0.2, 0.25) is 0 Å². The highest BCUT2D eigenvalue weighted by Gasteiger charge is 2.18. The Bertz CT molecular complexity index is 1440. The molecule has 0 aliphatic heterocycles. The molecule has 5 rings (SSSR count). The van der Waals surface area contributed by atoms with Crippen molar-refractivity contribution in [3.8, 4) is 17.0 Å². The molecule has 0 aliphatic carbocycles. The maximum absolute atomic E-state index is 13.2. The molecule has 6 nitrogen and oxygen atoms in total. The zero-order valence-electron chi connectivity index (χ0n) is 18.3. The lowest BCUT2D eigenvalue weighted by molar-refractivity contribution is 0.102. The molecule has 1 amide bonds. The van der Waals surface area contributed by atoms with Crippen molar-refractivity contribution in [2.75, 3.05) is 5.32 Å². The summed E-state index contributed by atoms with van der Waals surface area (Å²) in [7, 11) is 0. The van der Waals surface area contributed by atoms with Crippen LogP contribution in [0, 0.1) is 13.8 Å². The lowest BCUT2D eigenvalue weighted by atomic mass is 10.1. The lowest BCUT2D eigenvalue weighted by Crippen LogP contribution is -2.14. The third-order valence-corrected chi connectivity index (χ3v) is 6.10. The molecule has 1 N–H and O–H groups in total. The average Bonchev–Trinajstić information content (AvgIpc) is 3.43. The number of nitrogens with zero attached hydrogens (tertiary/aromatic N) is 3. The number of carbonyl (C=O) groups is 1. The Morgan fingerprint density at radius 2 is 1.88 bits per heavy atom. The SMILES string of the molecule is Cc1nc(COc2cccc(C(=O)Nc3c(-c4ccccc4)nc4c(C)cccn34)c2)cs1. The number of hydrogen-bond donors (Lipinski definition) is 1. The highest BCUT2D eigenvalue weighted by molar-refractivity contribution is 7.09. The molecular weight excluding hydrogens is 432 g/mol. The summed E-state index contributed by atoms with van der Waals surface area (Å²) >= 11 is 1.59. The Morgan fingerprint density at radius 1 is 1.03 bits per heavy atom. The van der Waals surface area contributed by atoms with Crippen LogP contribution in [0.15, 0.2) is 78.3 Å². The molecule has 5 aromatic rings. The van der Waals surface area contributed by atoms with Crippen molar-refractivity contribution in [3.63, 3.8) is 0 Å². The van der Waals surface area contributed by atoms with Crippen molar-refractivity contribution in [3.05, 3.63) is 100 Å². The number of ether oxygens (including phenoxy) is 1. The standard InChI is InChI=1S/C26H22N4O2S/c1-17-8-7-13-30-24(17)28-23(19-9-4-3-5-10-19)25(30)29-26(31)20-11-6-12-22(14-20)32-15-21-16-33-18(2)27-21/h3-14,16H,15H2,1-2H3,(H,29,31). The van der Waals surface area contributed by atoms with Crippen LogP contribution in [0.3, 0.4) is 0 Å². The van der Waals surface area contributed by atoms with E-state index in [4.69, 9.17) is 9.72 Å². The zero-order valence-corrected chi connectivity index (χ0v) is 19.1. The summed E-state index contributed by atoms with van der Waals surface area (Å²) in [5.41, 5.74) is 4.88. The van der Waals surface area contributed by atoms with Gasteiger partial charge in [0, 0.05) is 22.7 Å². The molecule has 164 valence electrons. The van der Waals surface area contributed by atoms with Crippen LogP contribution >= 0.6 is 11.3 Å². The van der Waals surface area contributed by atoms with Crippen LogP contribution in [-0.4, -0.2) is 20.3 Å². The molecule has 0 aliphatic rings. The van der Waals surface area contributed by atoms with Crippen molar-refractivity contribution in [1.82, 2.24) is 14.4 Å². The minimum atomic E-state index is -0.231. The van der Waals surface area contributed by atoms with Crippen LogP contribution in [0.25, 0.3) is 16.9 Å². The molecule has 0 saturated carbocycles. The topological polar surface area (TPSA) is 68.5 Å². The van der Waals surface area contributed by atoms with Crippen molar-refractivity contribution < 1.29 is 9.53 Å². The first kappa shape index (κ1) is 20.9. The minimum Gasteiger partial charge on any atom is -0.487 e. The largest absolute Gasteiger partial charge is 0.487 e. The lowest BCUT2D eigenvalue weighted by Gasteiger charge is -2.10. The number of aromatic nitrogens is 3. The number of amides is 1. The first-order valence-electron chi connectivity index (χ1n) is 10.6. The first-order valence-corrected chi connectivity index (χ1v) is 11.4. The van der Waals surface area contributed by atoms with E-state index in [1.807, 2.05) is 84.4 Å². The Kier molecular flexibility index (Phi) is 5.62. The molecule has 0 unspecified atom stereocenters. The van der Waals surface area contributed by atoms with E-state index in [1.54, 1.807) is 23.5 Å². The number of fused-ring (bicyclic) bond motifs is 1. The molecule has 2 aromatic carbocycles. The predicted molar refractivity (Wildman–Crippen MR) is 131 cm³/mol. The van der Waals surface area contributed by atoms with Gasteiger partial charge >= 0.3 is 0 Å². The Morgan fingerprint density at radius 3 is 2.67 bits per heavy atom. The van der Waals surface area contributed by atoms with Gasteiger partial charge in [-0.05, 0) is 43.7 Å². The van der Waals surface area contributed by atoms with Crippen LogP contribution in [0.4, 0.5) is 5.82 Å². The van der Waals surface area contributed by atoms with Crippen LogP contribution in [-0.2, 0) is 6.61 Å². The number of benzene rings is 2. The number of anilines is 1. The smallest absolute Gasteiger partial charge is 0.256 e. The molecule has 0 saturated heterocycles. The van der Waals surface area contributed by atoms with E-state index in [1.165, 1.54) is 0 Å². The second-order valence-electron chi connectivity index (χ2n) is 7.69. The molecule has 0 spiro atoms. The molecule has 3 heterocycles. The number of carbonyl (C=O) groups excluding carboxylic acids is 1. The van der Waals surface area contributed by atoms with Crippen LogP contribution in [0.2, 0.25) is 0 Å². The van der Waals surface area contributed by atoms with Crippen molar-refractivity contribution in [2.45, 2.75) is 20.5 Å². The summed E-state index contributed by atoms with van der Waals surface area (Å²) in [5, 5.41) is 6.05. The molecule has 0 atom stereocenters. The second-order valence-corrected chi connectivity index (χ2v) is 8.75. The van der Waals surface area contributed by atoms with Gasteiger partial charge in [0.15, 0.2) is 0 Å². The fourth-order valence-corrected chi connectivity index (χ4v) is 4.26. The summed E-state index contributed by atoms with van der Waals surface area (Å²) in [5.74, 6) is 1.02. The van der Waals surface area contributed by atoms with Gasteiger partial charge in [-0.3, -0.25) is 9.20 Å². The Hall–Kier alpha value is -3.97. The highest BCUT2D eigenvalue weighted by atomic mass is 32.1. The number of imidazole rings is 1. The van der Waals surface area contributed by atoms with Gasteiger partial charge in [-0.25, -0.2) is 9.97 Å². The van der Waals surface area contributed by atoms with E-state index in [9.17, 15) is 4.79 Å². The van der Waals surface area contributed by atoms with E-state index in [0.717, 1.165) is 33.2 Å². The number of hydrogen-bond acceptors (Lipinski definition) is 5. The molecular formula is C26H22N4O2S. The molecule has 3 aromatic heterocycles.